The summed E-state index contributed by atoms with van der Waals surface area (Å²) < 4.78 is 41.1. The predicted octanol–water partition coefficient (Wildman–Crippen LogP) is 1.94. The Morgan fingerprint density at radius 3 is 2.44 bits per heavy atom. The van der Waals surface area contributed by atoms with E-state index in [-0.39, 0.29) is 23.9 Å². The summed E-state index contributed by atoms with van der Waals surface area (Å²) in [5.41, 5.74) is 4.58. The molecule has 0 spiro atoms. The molecule has 2 aromatic heterocycles. The molecular formula is C19H23F3N8O2. The molecule has 0 saturated carbocycles. The van der Waals surface area contributed by atoms with Gasteiger partial charge in [-0.1, -0.05) is 13.3 Å². The first kappa shape index (κ1) is 23.0. The summed E-state index contributed by atoms with van der Waals surface area (Å²) in [5.74, 6) is 0.305. The fourth-order valence-electron chi connectivity index (χ4n) is 3.24. The normalized spacial score (nSPS) is 11.7. The molecule has 13 heteroatoms. The molecule has 0 fully saturated rings. The molecule has 10 nitrogen and oxygen atoms in total. The topological polar surface area (TPSA) is 128 Å². The lowest BCUT2D eigenvalue weighted by atomic mass is 10.2. The predicted molar refractivity (Wildman–Crippen MR) is 112 cm³/mol. The van der Waals surface area contributed by atoms with E-state index < -0.39 is 23.0 Å². The van der Waals surface area contributed by atoms with Crippen LogP contribution in [-0.4, -0.2) is 36.3 Å². The fourth-order valence-corrected chi connectivity index (χ4v) is 3.24. The first-order valence-electron chi connectivity index (χ1n) is 9.99. The number of anilines is 2. The Balaban J connectivity index is 1.96. The summed E-state index contributed by atoms with van der Waals surface area (Å²) in [6.45, 7) is 4.47. The lowest BCUT2D eigenvalue weighted by Crippen LogP contribution is -2.38. The maximum Gasteiger partial charge on any atom is 0.416 e. The van der Waals surface area contributed by atoms with E-state index in [1.54, 1.807) is 11.8 Å². The monoisotopic (exact) mass is 452 g/mol. The molecule has 0 saturated heterocycles. The van der Waals surface area contributed by atoms with E-state index in [2.05, 4.69) is 20.5 Å². The average Bonchev–Trinajstić information content (AvgIpc) is 3.20. The van der Waals surface area contributed by atoms with Gasteiger partial charge in [0.2, 0.25) is 0 Å². The van der Waals surface area contributed by atoms with Crippen molar-refractivity contribution in [1.82, 2.24) is 29.8 Å². The number of unbranched alkanes of at least 4 members (excludes halogenated alkanes) is 1. The molecule has 0 aliphatic carbocycles. The summed E-state index contributed by atoms with van der Waals surface area (Å²) in [5, 5.41) is 11.4. The number of aromatic nitrogens is 6. The second kappa shape index (κ2) is 9.24. The quantitative estimate of drug-likeness (QED) is 0.535. The van der Waals surface area contributed by atoms with Crippen LogP contribution in [0.2, 0.25) is 0 Å². The molecule has 3 rings (SSSR count). The summed E-state index contributed by atoms with van der Waals surface area (Å²) in [6, 6.07) is 4.38. The molecule has 0 radical (unpaired) electrons. The van der Waals surface area contributed by atoms with Crippen LogP contribution in [0.1, 0.15) is 38.1 Å². The molecule has 32 heavy (non-hydrogen) atoms. The molecule has 0 aliphatic rings. The smallest absolute Gasteiger partial charge is 0.383 e. The number of H-pyrrole nitrogens is 1. The zero-order valence-corrected chi connectivity index (χ0v) is 17.6. The molecule has 3 aromatic rings. The number of nitrogen functional groups attached to an aromatic ring is 1. The average molecular weight is 452 g/mol. The Kier molecular flexibility index (Phi) is 6.65. The third kappa shape index (κ3) is 4.65. The summed E-state index contributed by atoms with van der Waals surface area (Å²) in [4.78, 5) is 28.6. The highest BCUT2D eigenvalue weighted by atomic mass is 19.4. The molecule has 0 amide bonds. The molecule has 2 heterocycles. The summed E-state index contributed by atoms with van der Waals surface area (Å²) >= 11 is 0. The van der Waals surface area contributed by atoms with Crippen LogP contribution in [0.3, 0.4) is 0 Å². The number of benzene rings is 1. The number of hydrogen-bond donors (Lipinski definition) is 2. The number of hydrogen-bond acceptors (Lipinski definition) is 7. The fraction of sp³-hybridized carbons (Fsp3) is 0.421. The van der Waals surface area contributed by atoms with Crippen LogP contribution in [0.25, 0.3) is 5.69 Å². The molecule has 0 atom stereocenters. The number of tetrazole rings is 1. The van der Waals surface area contributed by atoms with Crippen LogP contribution < -0.4 is 21.9 Å². The number of aromatic amines is 1. The van der Waals surface area contributed by atoms with Gasteiger partial charge in [-0.25, -0.2) is 4.79 Å². The Morgan fingerprint density at radius 2 is 1.84 bits per heavy atom. The van der Waals surface area contributed by atoms with Crippen LogP contribution in [0.5, 0.6) is 0 Å². The van der Waals surface area contributed by atoms with Crippen molar-refractivity contribution in [3.8, 4) is 5.69 Å². The lowest BCUT2D eigenvalue weighted by Gasteiger charge is -2.24. The van der Waals surface area contributed by atoms with Crippen molar-refractivity contribution in [2.24, 2.45) is 0 Å². The van der Waals surface area contributed by atoms with Gasteiger partial charge >= 0.3 is 11.9 Å². The highest BCUT2D eigenvalue weighted by molar-refractivity contribution is 5.62. The maximum atomic E-state index is 12.8. The van der Waals surface area contributed by atoms with Crippen LogP contribution in [0, 0.1) is 0 Å². The van der Waals surface area contributed by atoms with Gasteiger partial charge in [-0.05, 0) is 48.0 Å². The van der Waals surface area contributed by atoms with Crippen LogP contribution >= 0.6 is 0 Å². The summed E-state index contributed by atoms with van der Waals surface area (Å²) in [7, 11) is 0. The minimum atomic E-state index is -4.46. The van der Waals surface area contributed by atoms with Crippen molar-refractivity contribution in [3.63, 3.8) is 0 Å². The zero-order chi connectivity index (χ0) is 23.5. The third-order valence-corrected chi connectivity index (χ3v) is 4.95. The molecule has 172 valence electrons. The van der Waals surface area contributed by atoms with Crippen molar-refractivity contribution >= 4 is 11.5 Å². The van der Waals surface area contributed by atoms with Gasteiger partial charge in [0.05, 0.1) is 17.8 Å². The molecule has 0 aliphatic heterocycles. The molecule has 0 bridgehead atoms. The number of nitrogens with two attached hydrogens (primary N) is 1. The van der Waals surface area contributed by atoms with E-state index in [1.807, 2.05) is 6.92 Å². The number of nitrogens with zero attached hydrogens (tertiary/aromatic N) is 6. The second-order valence-corrected chi connectivity index (χ2v) is 7.06. The first-order chi connectivity index (χ1) is 15.2. The van der Waals surface area contributed by atoms with E-state index in [0.29, 0.717) is 25.2 Å². The lowest BCUT2D eigenvalue weighted by molar-refractivity contribution is -0.137. The highest BCUT2D eigenvalue weighted by Crippen LogP contribution is 2.29. The van der Waals surface area contributed by atoms with Crippen molar-refractivity contribution in [1.29, 1.82) is 0 Å². The van der Waals surface area contributed by atoms with Gasteiger partial charge < -0.3 is 10.6 Å². The SMILES string of the molecule is CCCCn1c(N)c(N(CC)Cc2nnnn2-c2ccc(C(F)(F)F)cc2)c(=O)[nH]c1=O. The Hall–Kier alpha value is -3.64. The number of nitrogens with one attached hydrogen (secondary N) is 1. The second-order valence-electron chi connectivity index (χ2n) is 7.06. The molecular weight excluding hydrogens is 429 g/mol. The van der Waals surface area contributed by atoms with Gasteiger partial charge in [0, 0.05) is 13.1 Å². The number of halogens is 3. The number of rotatable bonds is 8. The Labute approximate surface area is 180 Å². The Bertz CT molecular complexity index is 1180. The third-order valence-electron chi connectivity index (χ3n) is 4.95. The van der Waals surface area contributed by atoms with Gasteiger partial charge in [-0.15, -0.1) is 5.10 Å². The standard InChI is InChI=1S/C19H23F3N8O2/c1-3-5-10-29-16(23)15(17(31)24-18(29)32)28(4-2)11-14-25-26-27-30(14)13-8-6-12(7-9-13)19(20,21)22/h6-9H,3-5,10-11,23H2,1-2H3,(H,24,31,32). The van der Waals surface area contributed by atoms with E-state index in [1.165, 1.54) is 21.4 Å². The van der Waals surface area contributed by atoms with E-state index in [0.717, 1.165) is 18.6 Å². The first-order valence-corrected chi connectivity index (χ1v) is 9.99. The van der Waals surface area contributed by atoms with Gasteiger partial charge in [0.1, 0.15) is 11.5 Å². The minimum absolute atomic E-state index is 0.0302. The van der Waals surface area contributed by atoms with Crippen LogP contribution in [0.15, 0.2) is 33.9 Å². The molecule has 0 unspecified atom stereocenters. The largest absolute Gasteiger partial charge is 0.416 e. The summed E-state index contributed by atoms with van der Waals surface area (Å²) in [6.07, 6.45) is -2.92. The van der Waals surface area contributed by atoms with Crippen molar-refractivity contribution in [3.05, 3.63) is 56.5 Å². The highest BCUT2D eigenvalue weighted by Gasteiger charge is 2.30. The van der Waals surface area contributed by atoms with E-state index in [4.69, 9.17) is 5.73 Å². The van der Waals surface area contributed by atoms with Crippen molar-refractivity contribution in [2.75, 3.05) is 17.2 Å². The van der Waals surface area contributed by atoms with Gasteiger partial charge in [-0.2, -0.15) is 17.9 Å². The van der Waals surface area contributed by atoms with Crippen LogP contribution in [0.4, 0.5) is 24.7 Å². The zero-order valence-electron chi connectivity index (χ0n) is 17.6. The van der Waals surface area contributed by atoms with Gasteiger partial charge in [-0.3, -0.25) is 14.3 Å². The van der Waals surface area contributed by atoms with Crippen LogP contribution in [-0.2, 0) is 19.3 Å². The Morgan fingerprint density at radius 1 is 1.16 bits per heavy atom. The number of alkyl halides is 3. The van der Waals surface area contributed by atoms with Crippen molar-refractivity contribution in [2.45, 2.75) is 46.0 Å². The maximum absolute atomic E-state index is 12.8. The van der Waals surface area contributed by atoms with Gasteiger partial charge in [0.15, 0.2) is 5.82 Å². The van der Waals surface area contributed by atoms with Gasteiger partial charge in [0.25, 0.3) is 5.56 Å². The van der Waals surface area contributed by atoms with E-state index in [9.17, 15) is 22.8 Å². The molecule has 1 aromatic carbocycles. The molecule has 3 N–H and O–H groups in total. The van der Waals surface area contributed by atoms with E-state index >= 15 is 0 Å². The minimum Gasteiger partial charge on any atom is -0.383 e. The van der Waals surface area contributed by atoms with Crippen molar-refractivity contribution < 1.29 is 13.2 Å².